The summed E-state index contributed by atoms with van der Waals surface area (Å²) in [4.78, 5) is 0. The molecule has 0 amide bonds. The van der Waals surface area contributed by atoms with Crippen molar-refractivity contribution in [2.75, 3.05) is 6.61 Å². The second kappa shape index (κ2) is 4.01. The molecule has 1 N–H and O–H groups in total. The molecule has 84 valence electrons. The summed E-state index contributed by atoms with van der Waals surface area (Å²) in [5.74, 6) is 0. The minimum atomic E-state index is -0.626. The van der Waals surface area contributed by atoms with E-state index in [4.69, 9.17) is 9.47 Å². The molecule has 2 saturated heterocycles. The van der Waals surface area contributed by atoms with Gasteiger partial charge < -0.3 is 14.6 Å². The van der Waals surface area contributed by atoms with Crippen molar-refractivity contribution >= 4 is 6.08 Å². The molecule has 2 heterocycles. The highest BCUT2D eigenvalue weighted by Crippen LogP contribution is 2.32. The van der Waals surface area contributed by atoms with Crippen molar-refractivity contribution in [3.8, 4) is 0 Å². The van der Waals surface area contributed by atoms with Gasteiger partial charge in [-0.05, 0) is 17.6 Å². The van der Waals surface area contributed by atoms with Crippen LogP contribution in [0.15, 0.2) is 35.9 Å². The molecular formula is C13H14O3. The molecule has 0 aromatic heterocycles. The van der Waals surface area contributed by atoms with Gasteiger partial charge in [-0.3, -0.25) is 0 Å². The van der Waals surface area contributed by atoms with E-state index in [1.54, 1.807) is 0 Å². The monoisotopic (exact) mass is 218 g/mol. The summed E-state index contributed by atoms with van der Waals surface area (Å²) >= 11 is 0. The summed E-state index contributed by atoms with van der Waals surface area (Å²) in [6.45, 7) is 0.591. The van der Waals surface area contributed by atoms with Crippen molar-refractivity contribution in [1.82, 2.24) is 0 Å². The first kappa shape index (κ1) is 10.0. The van der Waals surface area contributed by atoms with Crippen molar-refractivity contribution in [2.45, 2.75) is 24.9 Å². The zero-order valence-electron chi connectivity index (χ0n) is 8.87. The van der Waals surface area contributed by atoms with E-state index < -0.39 is 12.4 Å². The fourth-order valence-corrected chi connectivity index (χ4v) is 2.21. The molecule has 3 rings (SSSR count). The summed E-state index contributed by atoms with van der Waals surface area (Å²) in [5, 5.41) is 10.00. The Bertz CT molecular complexity index is 399. The minimum absolute atomic E-state index is 0.114. The second-order valence-electron chi connectivity index (χ2n) is 4.24. The number of rotatable bonds is 1. The average molecular weight is 218 g/mol. The van der Waals surface area contributed by atoms with E-state index in [0.29, 0.717) is 6.61 Å². The lowest BCUT2D eigenvalue weighted by Crippen LogP contribution is -2.34. The van der Waals surface area contributed by atoms with Gasteiger partial charge in [0.25, 0.3) is 0 Å². The third-order valence-corrected chi connectivity index (χ3v) is 3.03. The molecule has 16 heavy (non-hydrogen) atoms. The first-order valence-electron chi connectivity index (χ1n) is 5.53. The molecule has 2 fully saturated rings. The molecule has 0 saturated carbocycles. The van der Waals surface area contributed by atoms with Crippen molar-refractivity contribution in [3.63, 3.8) is 0 Å². The van der Waals surface area contributed by atoms with Crippen LogP contribution in [0.2, 0.25) is 0 Å². The maximum absolute atomic E-state index is 10.00. The first-order chi connectivity index (χ1) is 7.83. The topological polar surface area (TPSA) is 38.7 Å². The number of ether oxygens (including phenoxy) is 2. The van der Waals surface area contributed by atoms with Crippen LogP contribution >= 0.6 is 0 Å². The van der Waals surface area contributed by atoms with E-state index >= 15 is 0 Å². The first-order valence-corrected chi connectivity index (χ1v) is 5.53. The van der Waals surface area contributed by atoms with Gasteiger partial charge in [-0.1, -0.05) is 36.4 Å². The van der Waals surface area contributed by atoms with Crippen LogP contribution in [-0.4, -0.2) is 30.2 Å². The molecule has 1 unspecified atom stereocenters. The Morgan fingerprint density at radius 3 is 2.88 bits per heavy atom. The fourth-order valence-electron chi connectivity index (χ4n) is 2.21. The smallest absolute Gasteiger partial charge is 0.187 e. The molecule has 0 aliphatic carbocycles. The second-order valence-corrected chi connectivity index (χ2v) is 4.24. The van der Waals surface area contributed by atoms with Crippen LogP contribution in [0, 0.1) is 0 Å². The van der Waals surface area contributed by atoms with Crippen LogP contribution in [0.1, 0.15) is 12.0 Å². The predicted octanol–water partition coefficient (Wildman–Crippen LogP) is 1.58. The van der Waals surface area contributed by atoms with Gasteiger partial charge >= 0.3 is 0 Å². The standard InChI is InChI=1S/C13H14O3/c14-12-10(6-9-4-2-1-3-5-9)7-11-8-15-13(12)16-11/h1-6,11-14H,7-8H2/b10-6+/t11-,12?,13+/m0/s1. The van der Waals surface area contributed by atoms with Gasteiger partial charge in [-0.15, -0.1) is 0 Å². The summed E-state index contributed by atoms with van der Waals surface area (Å²) in [6, 6.07) is 10.0. The zero-order chi connectivity index (χ0) is 11.0. The van der Waals surface area contributed by atoms with Crippen molar-refractivity contribution in [2.24, 2.45) is 0 Å². The number of aliphatic hydroxyl groups is 1. The predicted molar refractivity (Wildman–Crippen MR) is 59.7 cm³/mol. The highest BCUT2D eigenvalue weighted by molar-refractivity contribution is 5.54. The van der Waals surface area contributed by atoms with Gasteiger partial charge in [-0.2, -0.15) is 0 Å². The Labute approximate surface area is 94.3 Å². The molecule has 2 bridgehead atoms. The van der Waals surface area contributed by atoms with Crippen molar-refractivity contribution in [3.05, 3.63) is 41.5 Å². The maximum Gasteiger partial charge on any atom is 0.187 e. The highest BCUT2D eigenvalue weighted by atomic mass is 16.7. The molecule has 2 aliphatic heterocycles. The molecule has 3 nitrogen and oxygen atoms in total. The van der Waals surface area contributed by atoms with Gasteiger partial charge in [0.2, 0.25) is 0 Å². The number of hydrogen-bond donors (Lipinski definition) is 1. The molecular weight excluding hydrogens is 204 g/mol. The lowest BCUT2D eigenvalue weighted by Gasteiger charge is -2.26. The van der Waals surface area contributed by atoms with E-state index in [-0.39, 0.29) is 6.10 Å². The van der Waals surface area contributed by atoms with E-state index in [1.807, 2.05) is 36.4 Å². The lowest BCUT2D eigenvalue weighted by atomic mass is 9.98. The Hall–Kier alpha value is -1.16. The normalized spacial score (nSPS) is 35.6. The lowest BCUT2D eigenvalue weighted by molar-refractivity contribution is -0.131. The quantitative estimate of drug-likeness (QED) is 0.777. The largest absolute Gasteiger partial charge is 0.383 e. The van der Waals surface area contributed by atoms with Crippen LogP contribution in [0.3, 0.4) is 0 Å². The van der Waals surface area contributed by atoms with Gasteiger partial charge in [-0.25, -0.2) is 0 Å². The van der Waals surface area contributed by atoms with E-state index in [1.165, 1.54) is 0 Å². The average Bonchev–Trinajstić information content (AvgIpc) is 2.72. The van der Waals surface area contributed by atoms with Gasteiger partial charge in [0.15, 0.2) is 6.29 Å². The number of aliphatic hydroxyl groups excluding tert-OH is 1. The molecule has 3 heteroatoms. The van der Waals surface area contributed by atoms with Crippen molar-refractivity contribution < 1.29 is 14.6 Å². The van der Waals surface area contributed by atoms with E-state index in [0.717, 1.165) is 17.6 Å². The summed E-state index contributed by atoms with van der Waals surface area (Å²) < 4.78 is 10.8. The van der Waals surface area contributed by atoms with Crippen LogP contribution in [0.5, 0.6) is 0 Å². The van der Waals surface area contributed by atoms with E-state index in [9.17, 15) is 5.11 Å². The molecule has 3 atom stereocenters. The van der Waals surface area contributed by atoms with E-state index in [2.05, 4.69) is 0 Å². The fraction of sp³-hybridized carbons (Fsp3) is 0.385. The number of fused-ring (bicyclic) bond motifs is 2. The minimum Gasteiger partial charge on any atom is -0.383 e. The highest BCUT2D eigenvalue weighted by Gasteiger charge is 2.39. The number of benzene rings is 1. The SMILES string of the molecule is OC1/C(=C/c2ccccc2)C[C@H]2CO[C@@H]1O2. The van der Waals surface area contributed by atoms with Crippen LogP contribution < -0.4 is 0 Å². The molecule has 1 aromatic carbocycles. The van der Waals surface area contributed by atoms with Crippen LogP contribution in [0.4, 0.5) is 0 Å². The summed E-state index contributed by atoms with van der Waals surface area (Å²) in [7, 11) is 0. The Balaban J connectivity index is 1.87. The van der Waals surface area contributed by atoms with Gasteiger partial charge in [0.1, 0.15) is 6.10 Å². The summed E-state index contributed by atoms with van der Waals surface area (Å²) in [5.41, 5.74) is 2.11. The summed E-state index contributed by atoms with van der Waals surface area (Å²) in [6.07, 6.45) is 1.81. The Morgan fingerprint density at radius 2 is 2.06 bits per heavy atom. The zero-order valence-corrected chi connectivity index (χ0v) is 8.87. The van der Waals surface area contributed by atoms with Crippen LogP contribution in [0.25, 0.3) is 6.08 Å². The van der Waals surface area contributed by atoms with Crippen LogP contribution in [-0.2, 0) is 9.47 Å². The Kier molecular flexibility index (Phi) is 2.52. The van der Waals surface area contributed by atoms with Gasteiger partial charge in [0.05, 0.1) is 12.7 Å². The number of hydrogen-bond acceptors (Lipinski definition) is 3. The molecule has 2 aliphatic rings. The molecule has 0 spiro atoms. The van der Waals surface area contributed by atoms with Crippen molar-refractivity contribution in [1.29, 1.82) is 0 Å². The molecule has 0 radical (unpaired) electrons. The van der Waals surface area contributed by atoms with Gasteiger partial charge in [0, 0.05) is 0 Å². The Morgan fingerprint density at radius 1 is 1.25 bits per heavy atom. The third kappa shape index (κ3) is 1.78. The maximum atomic E-state index is 10.00. The third-order valence-electron chi connectivity index (χ3n) is 3.03. The molecule has 1 aromatic rings.